The van der Waals surface area contributed by atoms with E-state index in [-0.39, 0.29) is 23.8 Å². The quantitative estimate of drug-likeness (QED) is 0.734. The lowest BCUT2D eigenvalue weighted by atomic mass is 9.90. The first-order chi connectivity index (χ1) is 12.4. The van der Waals surface area contributed by atoms with Crippen molar-refractivity contribution in [1.29, 1.82) is 0 Å². The fraction of sp³-hybridized carbons (Fsp3) is 0.526. The number of likely N-dealkylation sites (tertiary alicyclic amines) is 1. The van der Waals surface area contributed by atoms with Crippen molar-refractivity contribution in [2.75, 3.05) is 13.1 Å². The molecule has 2 unspecified atom stereocenters. The summed E-state index contributed by atoms with van der Waals surface area (Å²) in [6.07, 6.45) is 1.70. The molecule has 26 heavy (non-hydrogen) atoms. The zero-order chi connectivity index (χ0) is 18.8. The van der Waals surface area contributed by atoms with Gasteiger partial charge in [-0.2, -0.15) is 0 Å². The first kappa shape index (κ1) is 18.4. The Hall–Kier alpha value is -2.41. The Morgan fingerprint density at radius 3 is 2.62 bits per heavy atom. The first-order valence-electron chi connectivity index (χ1n) is 9.13. The summed E-state index contributed by atoms with van der Waals surface area (Å²) in [6, 6.07) is 4.72. The van der Waals surface area contributed by atoms with Gasteiger partial charge in [0.25, 0.3) is 11.8 Å². The molecule has 2 aliphatic rings. The minimum atomic E-state index is -0.468. The molecule has 0 bridgehead atoms. The van der Waals surface area contributed by atoms with Gasteiger partial charge in [-0.1, -0.05) is 0 Å². The monoisotopic (exact) mass is 358 g/mol. The Morgan fingerprint density at radius 1 is 1.27 bits per heavy atom. The number of hydrogen-bond donors (Lipinski definition) is 3. The second-order valence-electron chi connectivity index (χ2n) is 7.27. The van der Waals surface area contributed by atoms with Crippen LogP contribution in [0.5, 0.6) is 0 Å². The summed E-state index contributed by atoms with van der Waals surface area (Å²) < 4.78 is 0. The number of rotatable bonds is 4. The van der Waals surface area contributed by atoms with Crippen LogP contribution < -0.4 is 16.4 Å². The van der Waals surface area contributed by atoms with Crippen molar-refractivity contribution in [2.45, 2.75) is 45.3 Å². The van der Waals surface area contributed by atoms with Crippen molar-refractivity contribution in [1.82, 2.24) is 15.5 Å². The van der Waals surface area contributed by atoms with E-state index in [1.165, 1.54) is 0 Å². The number of hydrogen-bond acceptors (Lipinski definition) is 4. The van der Waals surface area contributed by atoms with Crippen molar-refractivity contribution in [3.63, 3.8) is 0 Å². The van der Waals surface area contributed by atoms with Crippen LogP contribution in [-0.4, -0.2) is 47.8 Å². The zero-order valence-electron chi connectivity index (χ0n) is 15.2. The van der Waals surface area contributed by atoms with Crippen LogP contribution in [0, 0.1) is 5.92 Å². The number of nitrogens with one attached hydrogen (secondary N) is 2. The molecule has 0 aromatic heterocycles. The van der Waals surface area contributed by atoms with Crippen LogP contribution >= 0.6 is 0 Å². The molecule has 2 heterocycles. The molecule has 1 aromatic rings. The second-order valence-corrected chi connectivity index (χ2v) is 7.27. The van der Waals surface area contributed by atoms with E-state index in [0.29, 0.717) is 36.7 Å². The van der Waals surface area contributed by atoms with E-state index in [9.17, 15) is 14.4 Å². The number of carbonyl (C=O) groups excluding carboxylic acids is 3. The largest absolute Gasteiger partial charge is 0.349 e. The number of fused-ring (bicyclic) bond motifs is 1. The minimum absolute atomic E-state index is 0.0126. The lowest BCUT2D eigenvalue weighted by molar-refractivity contribution is -0.133. The van der Waals surface area contributed by atoms with Crippen LogP contribution in [0.2, 0.25) is 0 Å². The maximum atomic E-state index is 12.5. The van der Waals surface area contributed by atoms with Crippen LogP contribution in [0.1, 0.15) is 53.0 Å². The third-order valence-electron chi connectivity index (χ3n) is 5.36. The Kier molecular flexibility index (Phi) is 5.27. The van der Waals surface area contributed by atoms with Crippen molar-refractivity contribution < 1.29 is 14.4 Å². The van der Waals surface area contributed by atoms with E-state index in [4.69, 9.17) is 5.73 Å². The molecule has 4 N–H and O–H groups in total. The SMILES string of the molecule is CC(N)C(=O)N1CCC(C(C)NC(=O)c2ccc3c(c2)CNC3=O)CC1. The van der Waals surface area contributed by atoms with E-state index in [1.54, 1.807) is 30.0 Å². The van der Waals surface area contributed by atoms with E-state index in [1.807, 2.05) is 6.92 Å². The molecule has 1 aromatic carbocycles. The minimum Gasteiger partial charge on any atom is -0.349 e. The molecule has 140 valence electrons. The van der Waals surface area contributed by atoms with Gasteiger partial charge >= 0.3 is 0 Å². The summed E-state index contributed by atoms with van der Waals surface area (Å²) in [7, 11) is 0. The summed E-state index contributed by atoms with van der Waals surface area (Å²) in [4.78, 5) is 37.9. The smallest absolute Gasteiger partial charge is 0.251 e. The molecule has 2 atom stereocenters. The number of benzene rings is 1. The van der Waals surface area contributed by atoms with E-state index in [2.05, 4.69) is 10.6 Å². The normalized spacial score (nSPS) is 19.5. The molecule has 3 amide bonds. The van der Waals surface area contributed by atoms with Crippen LogP contribution in [0.4, 0.5) is 0 Å². The number of nitrogens with zero attached hydrogens (tertiary/aromatic N) is 1. The fourth-order valence-electron chi connectivity index (χ4n) is 3.69. The van der Waals surface area contributed by atoms with Gasteiger partial charge in [0.2, 0.25) is 5.91 Å². The molecule has 1 fully saturated rings. The molecule has 2 aliphatic heterocycles. The Balaban J connectivity index is 1.55. The van der Waals surface area contributed by atoms with Gasteiger partial charge in [-0.3, -0.25) is 14.4 Å². The van der Waals surface area contributed by atoms with Gasteiger partial charge in [-0.15, -0.1) is 0 Å². The standard InChI is InChI=1S/C19H26N4O3/c1-11(20)19(26)23-7-5-13(6-8-23)12(2)22-17(24)14-3-4-16-15(9-14)10-21-18(16)25/h3-4,9,11-13H,5-8,10,20H2,1-2H3,(H,21,25)(H,22,24). The van der Waals surface area contributed by atoms with Gasteiger partial charge in [0.1, 0.15) is 0 Å². The van der Waals surface area contributed by atoms with E-state index < -0.39 is 6.04 Å². The highest BCUT2D eigenvalue weighted by Crippen LogP contribution is 2.22. The van der Waals surface area contributed by atoms with Gasteiger partial charge < -0.3 is 21.3 Å². The number of nitrogens with two attached hydrogens (primary N) is 1. The number of amides is 3. The Labute approximate surface area is 153 Å². The topological polar surface area (TPSA) is 105 Å². The lowest BCUT2D eigenvalue weighted by Gasteiger charge is -2.35. The first-order valence-corrected chi connectivity index (χ1v) is 9.13. The van der Waals surface area contributed by atoms with E-state index in [0.717, 1.165) is 18.4 Å². The highest BCUT2D eigenvalue weighted by Gasteiger charge is 2.28. The average Bonchev–Trinajstić information content (AvgIpc) is 3.01. The average molecular weight is 358 g/mol. The van der Waals surface area contributed by atoms with Gasteiger partial charge in [0.05, 0.1) is 6.04 Å². The zero-order valence-corrected chi connectivity index (χ0v) is 15.2. The van der Waals surface area contributed by atoms with Gasteiger partial charge in [-0.05, 0) is 56.4 Å². The third kappa shape index (κ3) is 3.72. The van der Waals surface area contributed by atoms with Crippen molar-refractivity contribution in [2.24, 2.45) is 11.7 Å². The number of piperidine rings is 1. The lowest BCUT2D eigenvalue weighted by Crippen LogP contribution is -2.49. The van der Waals surface area contributed by atoms with Gasteiger partial charge in [0.15, 0.2) is 0 Å². The molecular weight excluding hydrogens is 332 g/mol. The van der Waals surface area contributed by atoms with Crippen LogP contribution in [0.25, 0.3) is 0 Å². The number of carbonyl (C=O) groups is 3. The van der Waals surface area contributed by atoms with Gasteiger partial charge in [0, 0.05) is 36.8 Å². The summed E-state index contributed by atoms with van der Waals surface area (Å²) in [5.74, 6) is 0.0948. The summed E-state index contributed by atoms with van der Waals surface area (Å²) in [5.41, 5.74) is 7.73. The molecular formula is C19H26N4O3. The maximum absolute atomic E-state index is 12.5. The van der Waals surface area contributed by atoms with Gasteiger partial charge in [-0.25, -0.2) is 0 Å². The molecule has 0 aliphatic carbocycles. The summed E-state index contributed by atoms with van der Waals surface area (Å²) in [5, 5.41) is 5.82. The predicted octanol–water partition coefficient (Wildman–Crippen LogP) is 0.634. The Bertz CT molecular complexity index is 723. The molecule has 7 heteroatoms. The molecule has 1 saturated heterocycles. The predicted molar refractivity (Wildman–Crippen MR) is 97.5 cm³/mol. The van der Waals surface area contributed by atoms with Crippen molar-refractivity contribution in [3.05, 3.63) is 34.9 Å². The highest BCUT2D eigenvalue weighted by atomic mass is 16.2. The summed E-state index contributed by atoms with van der Waals surface area (Å²) in [6.45, 7) is 5.54. The van der Waals surface area contributed by atoms with Crippen molar-refractivity contribution in [3.8, 4) is 0 Å². The highest BCUT2D eigenvalue weighted by molar-refractivity contribution is 6.01. The Morgan fingerprint density at radius 2 is 1.96 bits per heavy atom. The molecule has 3 rings (SSSR count). The summed E-state index contributed by atoms with van der Waals surface area (Å²) >= 11 is 0. The fourth-order valence-corrected chi connectivity index (χ4v) is 3.69. The molecule has 0 spiro atoms. The molecule has 0 saturated carbocycles. The van der Waals surface area contributed by atoms with Crippen LogP contribution in [0.15, 0.2) is 18.2 Å². The molecule has 0 radical (unpaired) electrons. The second kappa shape index (κ2) is 7.45. The molecule has 7 nitrogen and oxygen atoms in total. The van der Waals surface area contributed by atoms with E-state index >= 15 is 0 Å². The maximum Gasteiger partial charge on any atom is 0.251 e. The van der Waals surface area contributed by atoms with Crippen LogP contribution in [-0.2, 0) is 11.3 Å². The third-order valence-corrected chi connectivity index (χ3v) is 5.36. The van der Waals surface area contributed by atoms with Crippen molar-refractivity contribution >= 4 is 17.7 Å². The van der Waals surface area contributed by atoms with Crippen LogP contribution in [0.3, 0.4) is 0 Å².